The molecule has 0 aliphatic rings. The molecular formula is C18H27NO3. The van der Waals surface area contributed by atoms with Crippen LogP contribution in [0.4, 0.5) is 4.79 Å². The van der Waals surface area contributed by atoms with Crippen LogP contribution in [0.1, 0.15) is 44.4 Å². The van der Waals surface area contributed by atoms with Crippen molar-refractivity contribution in [1.82, 2.24) is 5.32 Å². The molecule has 0 spiro atoms. The molecule has 122 valence electrons. The lowest BCUT2D eigenvalue weighted by molar-refractivity contribution is 0.0528. The molecule has 1 aromatic rings. The minimum Gasteiger partial charge on any atom is -0.444 e. The van der Waals surface area contributed by atoms with Crippen LogP contribution < -0.4 is 5.32 Å². The first kappa shape index (κ1) is 18.2. The Morgan fingerprint density at radius 2 is 2.09 bits per heavy atom. The Kier molecular flexibility index (Phi) is 6.62. The number of ether oxygens (including phenoxy) is 1. The lowest BCUT2D eigenvalue weighted by Gasteiger charge is -2.19. The van der Waals surface area contributed by atoms with Gasteiger partial charge in [-0.05, 0) is 52.2 Å². The van der Waals surface area contributed by atoms with E-state index < -0.39 is 17.8 Å². The van der Waals surface area contributed by atoms with Gasteiger partial charge in [0.05, 0.1) is 6.10 Å². The van der Waals surface area contributed by atoms with Crippen LogP contribution in [0.2, 0.25) is 0 Å². The van der Waals surface area contributed by atoms with Crippen molar-refractivity contribution in [2.75, 3.05) is 6.54 Å². The number of benzene rings is 1. The number of amides is 1. The van der Waals surface area contributed by atoms with E-state index in [9.17, 15) is 9.90 Å². The molecule has 0 aliphatic carbocycles. The maximum absolute atomic E-state index is 11.6. The largest absolute Gasteiger partial charge is 0.444 e. The van der Waals surface area contributed by atoms with E-state index in [4.69, 9.17) is 4.74 Å². The summed E-state index contributed by atoms with van der Waals surface area (Å²) in [6.07, 6.45) is 3.48. The van der Waals surface area contributed by atoms with Crippen molar-refractivity contribution in [3.05, 3.63) is 41.0 Å². The summed E-state index contributed by atoms with van der Waals surface area (Å²) in [5.74, 6) is 0. The zero-order valence-electron chi connectivity index (χ0n) is 14.1. The summed E-state index contributed by atoms with van der Waals surface area (Å²) >= 11 is 0. The first-order valence-corrected chi connectivity index (χ1v) is 7.60. The number of aryl methyl sites for hydroxylation is 1. The molecule has 2 N–H and O–H groups in total. The molecule has 0 aliphatic heterocycles. The Hall–Kier alpha value is -1.81. The van der Waals surface area contributed by atoms with Crippen LogP contribution in [-0.4, -0.2) is 29.4 Å². The Balaban J connectivity index is 2.65. The average molecular weight is 305 g/mol. The first-order chi connectivity index (χ1) is 10.2. The van der Waals surface area contributed by atoms with Crippen molar-refractivity contribution < 1.29 is 14.6 Å². The Labute approximate surface area is 133 Å². The molecule has 4 heteroatoms. The number of carbonyl (C=O) groups excluding carboxylic acids is 1. The van der Waals surface area contributed by atoms with Crippen LogP contribution in [0.3, 0.4) is 0 Å². The van der Waals surface area contributed by atoms with Crippen molar-refractivity contribution >= 4 is 12.2 Å². The van der Waals surface area contributed by atoms with Crippen LogP contribution >= 0.6 is 0 Å². The Bertz CT molecular complexity index is 528. The second-order valence-electron chi connectivity index (χ2n) is 6.48. The molecule has 0 unspecified atom stereocenters. The highest BCUT2D eigenvalue weighted by molar-refractivity contribution is 5.67. The summed E-state index contributed by atoms with van der Waals surface area (Å²) in [5, 5.41) is 12.1. The van der Waals surface area contributed by atoms with Gasteiger partial charge < -0.3 is 15.2 Å². The third-order valence-electron chi connectivity index (χ3n) is 2.92. The van der Waals surface area contributed by atoms with Gasteiger partial charge >= 0.3 is 6.09 Å². The molecular weight excluding hydrogens is 278 g/mol. The molecule has 22 heavy (non-hydrogen) atoms. The molecule has 0 saturated carbocycles. The van der Waals surface area contributed by atoms with E-state index in [0.717, 1.165) is 11.1 Å². The third-order valence-corrected chi connectivity index (χ3v) is 2.92. The number of hydrogen-bond acceptors (Lipinski definition) is 3. The van der Waals surface area contributed by atoms with Crippen molar-refractivity contribution in [2.45, 2.75) is 52.7 Å². The maximum atomic E-state index is 11.6. The number of aliphatic hydroxyl groups excluding tert-OH is 1. The van der Waals surface area contributed by atoms with Gasteiger partial charge in [0.15, 0.2) is 0 Å². The van der Waals surface area contributed by atoms with Gasteiger partial charge in [-0.15, -0.1) is 0 Å². The van der Waals surface area contributed by atoms with Crippen LogP contribution in [0.25, 0.3) is 6.08 Å². The number of hydrogen-bond donors (Lipinski definition) is 2. The normalized spacial score (nSPS) is 13.2. The van der Waals surface area contributed by atoms with Crippen molar-refractivity contribution in [3.63, 3.8) is 0 Å². The third kappa shape index (κ3) is 7.27. The molecule has 0 radical (unpaired) electrons. The molecule has 1 rings (SSSR count). The van der Waals surface area contributed by atoms with Crippen molar-refractivity contribution in [3.8, 4) is 0 Å². The molecule has 0 heterocycles. The maximum Gasteiger partial charge on any atom is 0.407 e. The van der Waals surface area contributed by atoms with Crippen molar-refractivity contribution in [1.29, 1.82) is 0 Å². The summed E-state index contributed by atoms with van der Waals surface area (Å²) in [4.78, 5) is 11.6. The fourth-order valence-corrected chi connectivity index (χ4v) is 1.97. The number of rotatable bonds is 5. The fourth-order valence-electron chi connectivity index (χ4n) is 1.97. The number of nitrogens with one attached hydrogen (secondary N) is 1. The highest BCUT2D eigenvalue weighted by Crippen LogP contribution is 2.15. The van der Waals surface area contributed by atoms with Crippen molar-refractivity contribution in [2.24, 2.45) is 0 Å². The van der Waals surface area contributed by atoms with Gasteiger partial charge in [-0.1, -0.05) is 35.9 Å². The van der Waals surface area contributed by atoms with Gasteiger partial charge in [0.25, 0.3) is 0 Å². The van der Waals surface area contributed by atoms with E-state index in [1.807, 2.05) is 45.9 Å². The summed E-state index contributed by atoms with van der Waals surface area (Å²) in [7, 11) is 0. The highest BCUT2D eigenvalue weighted by Gasteiger charge is 2.15. The van der Waals surface area contributed by atoms with E-state index in [1.165, 1.54) is 5.56 Å². The lowest BCUT2D eigenvalue weighted by atomic mass is 10.0. The summed E-state index contributed by atoms with van der Waals surface area (Å²) in [6, 6.07) is 6.15. The molecule has 0 aromatic heterocycles. The van der Waals surface area contributed by atoms with E-state index in [-0.39, 0.29) is 0 Å². The molecule has 4 nitrogen and oxygen atoms in total. The Morgan fingerprint density at radius 3 is 2.68 bits per heavy atom. The van der Waals surface area contributed by atoms with Gasteiger partial charge in [-0.3, -0.25) is 0 Å². The molecule has 1 amide bonds. The minimum atomic E-state index is -0.488. The zero-order chi connectivity index (χ0) is 16.8. The van der Waals surface area contributed by atoms with E-state index in [2.05, 4.69) is 11.4 Å². The van der Waals surface area contributed by atoms with Gasteiger partial charge in [0.1, 0.15) is 5.60 Å². The average Bonchev–Trinajstić information content (AvgIpc) is 2.35. The quantitative estimate of drug-likeness (QED) is 0.876. The zero-order valence-corrected chi connectivity index (χ0v) is 14.1. The highest BCUT2D eigenvalue weighted by atomic mass is 16.6. The number of aliphatic hydroxyl groups is 1. The predicted octanol–water partition coefficient (Wildman–Crippen LogP) is 3.46. The first-order valence-electron chi connectivity index (χ1n) is 7.60. The summed E-state index contributed by atoms with van der Waals surface area (Å²) in [6.45, 7) is 9.78. The van der Waals surface area contributed by atoms with Crippen LogP contribution in [0.15, 0.2) is 24.3 Å². The molecule has 0 saturated heterocycles. The van der Waals surface area contributed by atoms with Crippen LogP contribution in [0, 0.1) is 6.92 Å². The SMILES string of the molecule is Cc1ccc(/C=C/[C@H](C)O)c(CCNC(=O)OC(C)(C)C)c1. The summed E-state index contributed by atoms with van der Waals surface area (Å²) in [5.41, 5.74) is 2.87. The van der Waals surface area contributed by atoms with Gasteiger partial charge in [0.2, 0.25) is 0 Å². The predicted molar refractivity (Wildman–Crippen MR) is 89.8 cm³/mol. The Morgan fingerprint density at radius 1 is 1.41 bits per heavy atom. The summed E-state index contributed by atoms with van der Waals surface area (Å²) < 4.78 is 5.21. The van der Waals surface area contributed by atoms with Gasteiger partial charge in [-0.2, -0.15) is 0 Å². The standard InChI is InChI=1S/C18H27NO3/c1-13-6-8-15(9-7-14(2)20)16(12-13)10-11-19-17(21)22-18(3,4)5/h6-9,12,14,20H,10-11H2,1-5H3,(H,19,21)/b9-7+/t14-/m0/s1. The topological polar surface area (TPSA) is 58.6 Å². The fraction of sp³-hybridized carbons (Fsp3) is 0.500. The monoisotopic (exact) mass is 305 g/mol. The molecule has 0 fully saturated rings. The van der Waals surface area contributed by atoms with E-state index in [0.29, 0.717) is 13.0 Å². The number of carbonyl (C=O) groups is 1. The van der Waals surface area contributed by atoms with E-state index in [1.54, 1.807) is 13.0 Å². The molecule has 1 atom stereocenters. The van der Waals surface area contributed by atoms with Gasteiger partial charge in [0, 0.05) is 6.54 Å². The molecule has 1 aromatic carbocycles. The van der Waals surface area contributed by atoms with Crippen LogP contribution in [0.5, 0.6) is 0 Å². The van der Waals surface area contributed by atoms with Gasteiger partial charge in [-0.25, -0.2) is 4.79 Å². The van der Waals surface area contributed by atoms with E-state index >= 15 is 0 Å². The second kappa shape index (κ2) is 7.99. The smallest absolute Gasteiger partial charge is 0.407 e. The number of alkyl carbamates (subject to hydrolysis) is 1. The lowest BCUT2D eigenvalue weighted by Crippen LogP contribution is -2.33. The van der Waals surface area contributed by atoms with Crippen LogP contribution in [-0.2, 0) is 11.2 Å². The minimum absolute atomic E-state index is 0.402. The second-order valence-corrected chi connectivity index (χ2v) is 6.48. The molecule has 0 bridgehead atoms.